The Morgan fingerprint density at radius 2 is 2.08 bits per heavy atom. The lowest BCUT2D eigenvalue weighted by Gasteiger charge is -2.41. The molecular formula is C21H27N3OS. The van der Waals surface area contributed by atoms with Crippen molar-refractivity contribution < 1.29 is 4.79 Å². The molecule has 0 radical (unpaired) electrons. The topological polar surface area (TPSA) is 45.2 Å². The third-order valence-corrected chi connectivity index (χ3v) is 6.85. The first-order valence-corrected chi connectivity index (χ1v) is 10.4. The number of fused-ring (bicyclic) bond motifs is 1. The van der Waals surface area contributed by atoms with Crippen molar-refractivity contribution in [1.82, 2.24) is 15.2 Å². The number of Topliss-reactive ketones (excluding diaryl/α,β-unsaturated/α-hetero) is 1. The highest BCUT2D eigenvalue weighted by Crippen LogP contribution is 2.38. The molecule has 0 saturated carbocycles. The van der Waals surface area contributed by atoms with Crippen LogP contribution >= 0.6 is 11.3 Å². The number of hydrogen-bond donors (Lipinski definition) is 1. The maximum Gasteiger partial charge on any atom is 0.130 e. The minimum atomic E-state index is 0.261. The highest BCUT2D eigenvalue weighted by Gasteiger charge is 2.32. The predicted molar refractivity (Wildman–Crippen MR) is 107 cm³/mol. The molecule has 1 saturated heterocycles. The van der Waals surface area contributed by atoms with Crippen molar-refractivity contribution in [3.8, 4) is 10.4 Å². The average Bonchev–Trinajstić information content (AvgIpc) is 3.20. The summed E-state index contributed by atoms with van der Waals surface area (Å²) in [4.78, 5) is 19.9. The number of hydrogen-bond acceptors (Lipinski definition) is 5. The standard InChI is InChI=1S/C21H27N3OS/c1-13(2)24-11-16(12-24)21-23-10-20(26-21)17-7-6-15(5-4-14(3)25)18-8-22-9-19(17)18/h6-7,10,13,16,22H,4-5,8-9,11-12H2,1-3H3. The summed E-state index contributed by atoms with van der Waals surface area (Å²) >= 11 is 1.85. The zero-order chi connectivity index (χ0) is 18.3. The smallest absolute Gasteiger partial charge is 0.130 e. The van der Waals surface area contributed by atoms with Crippen molar-refractivity contribution in [3.63, 3.8) is 0 Å². The van der Waals surface area contributed by atoms with Crippen molar-refractivity contribution in [3.05, 3.63) is 40.0 Å². The number of ketones is 1. The number of rotatable bonds is 6. The fourth-order valence-electron chi connectivity index (χ4n) is 3.94. The molecule has 2 aliphatic rings. The number of benzene rings is 1. The average molecular weight is 370 g/mol. The Morgan fingerprint density at radius 1 is 1.31 bits per heavy atom. The molecule has 0 unspecified atom stereocenters. The Hall–Kier alpha value is -1.56. The molecule has 1 fully saturated rings. The number of thiazole rings is 1. The van der Waals surface area contributed by atoms with Crippen molar-refractivity contribution in [1.29, 1.82) is 0 Å². The molecule has 4 nitrogen and oxygen atoms in total. The second-order valence-electron chi connectivity index (χ2n) is 7.84. The summed E-state index contributed by atoms with van der Waals surface area (Å²) in [6, 6.07) is 5.08. The molecule has 1 aromatic heterocycles. The van der Waals surface area contributed by atoms with Crippen molar-refractivity contribution in [2.75, 3.05) is 13.1 Å². The zero-order valence-corrected chi connectivity index (χ0v) is 16.7. The van der Waals surface area contributed by atoms with E-state index in [2.05, 4.69) is 42.4 Å². The van der Waals surface area contributed by atoms with Crippen LogP contribution in [-0.4, -0.2) is 34.8 Å². The van der Waals surface area contributed by atoms with Crippen molar-refractivity contribution in [2.45, 2.75) is 58.7 Å². The van der Waals surface area contributed by atoms with E-state index in [1.165, 1.54) is 32.1 Å². The summed E-state index contributed by atoms with van der Waals surface area (Å²) in [7, 11) is 0. The van der Waals surface area contributed by atoms with E-state index in [-0.39, 0.29) is 5.78 Å². The number of likely N-dealkylation sites (tertiary alicyclic amines) is 1. The van der Waals surface area contributed by atoms with Gasteiger partial charge in [-0.15, -0.1) is 11.3 Å². The number of aryl methyl sites for hydroxylation is 1. The van der Waals surface area contributed by atoms with E-state index in [0.29, 0.717) is 18.4 Å². The molecule has 0 amide bonds. The van der Waals surface area contributed by atoms with E-state index in [1.54, 1.807) is 6.92 Å². The van der Waals surface area contributed by atoms with Gasteiger partial charge in [-0.3, -0.25) is 4.90 Å². The summed E-state index contributed by atoms with van der Waals surface area (Å²) in [5.74, 6) is 0.856. The van der Waals surface area contributed by atoms with Gasteiger partial charge >= 0.3 is 0 Å². The van der Waals surface area contributed by atoms with Gasteiger partial charge < -0.3 is 10.1 Å². The van der Waals surface area contributed by atoms with Crippen LogP contribution in [0.15, 0.2) is 18.3 Å². The third kappa shape index (κ3) is 3.36. The second-order valence-corrected chi connectivity index (χ2v) is 8.90. The first-order valence-electron chi connectivity index (χ1n) is 9.57. The molecule has 3 heterocycles. The van der Waals surface area contributed by atoms with Gasteiger partial charge in [0.25, 0.3) is 0 Å². The Balaban J connectivity index is 1.55. The van der Waals surface area contributed by atoms with E-state index in [9.17, 15) is 4.79 Å². The fraction of sp³-hybridized carbons (Fsp3) is 0.524. The Bertz CT molecular complexity index is 821. The number of nitrogens with one attached hydrogen (secondary N) is 1. The number of carbonyl (C=O) groups is 1. The quantitative estimate of drug-likeness (QED) is 0.842. The Morgan fingerprint density at radius 3 is 2.81 bits per heavy atom. The molecule has 0 bridgehead atoms. The van der Waals surface area contributed by atoms with Gasteiger partial charge in [-0.25, -0.2) is 4.98 Å². The van der Waals surface area contributed by atoms with Crippen LogP contribution in [0.4, 0.5) is 0 Å². The lowest BCUT2D eigenvalue weighted by molar-refractivity contribution is -0.116. The maximum absolute atomic E-state index is 11.3. The highest BCUT2D eigenvalue weighted by molar-refractivity contribution is 7.15. The van der Waals surface area contributed by atoms with Crippen LogP contribution in [0.5, 0.6) is 0 Å². The zero-order valence-electron chi connectivity index (χ0n) is 15.8. The van der Waals surface area contributed by atoms with Gasteiger partial charge in [0.2, 0.25) is 0 Å². The van der Waals surface area contributed by atoms with Crippen LogP contribution in [-0.2, 0) is 24.3 Å². The van der Waals surface area contributed by atoms with E-state index in [4.69, 9.17) is 4.98 Å². The summed E-state index contributed by atoms with van der Waals surface area (Å²) in [5, 5.41) is 4.76. The van der Waals surface area contributed by atoms with Crippen molar-refractivity contribution in [2.24, 2.45) is 0 Å². The molecule has 26 heavy (non-hydrogen) atoms. The van der Waals surface area contributed by atoms with Gasteiger partial charge in [-0.1, -0.05) is 12.1 Å². The fourth-order valence-corrected chi connectivity index (χ4v) is 5.00. The summed E-state index contributed by atoms with van der Waals surface area (Å²) in [5.41, 5.74) is 5.44. The predicted octanol–water partition coefficient (Wildman–Crippen LogP) is 3.74. The molecular weight excluding hydrogens is 342 g/mol. The second kappa shape index (κ2) is 7.22. The lowest BCUT2D eigenvalue weighted by atomic mass is 9.94. The molecule has 0 aliphatic carbocycles. The van der Waals surface area contributed by atoms with E-state index < -0.39 is 0 Å². The number of nitrogens with zero attached hydrogens (tertiary/aromatic N) is 2. The van der Waals surface area contributed by atoms with Gasteiger partial charge in [0.1, 0.15) is 5.78 Å². The van der Waals surface area contributed by atoms with Crippen LogP contribution in [0.2, 0.25) is 0 Å². The maximum atomic E-state index is 11.3. The van der Waals surface area contributed by atoms with Gasteiger partial charge in [0.15, 0.2) is 0 Å². The van der Waals surface area contributed by atoms with Crippen LogP contribution in [0.1, 0.15) is 54.8 Å². The molecule has 1 aromatic carbocycles. The monoisotopic (exact) mass is 369 g/mol. The Kier molecular flexibility index (Phi) is 4.95. The minimum absolute atomic E-state index is 0.261. The third-order valence-electron chi connectivity index (χ3n) is 5.66. The van der Waals surface area contributed by atoms with Crippen molar-refractivity contribution >= 4 is 17.1 Å². The highest BCUT2D eigenvalue weighted by atomic mass is 32.1. The van der Waals surface area contributed by atoms with Gasteiger partial charge in [0, 0.05) is 50.8 Å². The van der Waals surface area contributed by atoms with Crippen LogP contribution in [0, 0.1) is 0 Å². The molecule has 138 valence electrons. The number of aromatic nitrogens is 1. The van der Waals surface area contributed by atoms with Crippen LogP contribution in [0.3, 0.4) is 0 Å². The lowest BCUT2D eigenvalue weighted by Crippen LogP contribution is -2.48. The van der Waals surface area contributed by atoms with Crippen LogP contribution in [0.25, 0.3) is 10.4 Å². The molecule has 0 atom stereocenters. The molecule has 1 N–H and O–H groups in total. The van der Waals surface area contributed by atoms with E-state index in [1.807, 2.05) is 11.3 Å². The van der Waals surface area contributed by atoms with Gasteiger partial charge in [0.05, 0.1) is 9.88 Å². The SMILES string of the molecule is CC(=O)CCc1ccc(-c2cnc(C3CN(C(C)C)C3)s2)c2c1CNC2. The number of carbonyl (C=O) groups excluding carboxylic acids is 1. The molecule has 2 aliphatic heterocycles. The Labute approximate surface area is 159 Å². The molecule has 4 rings (SSSR count). The molecule has 2 aromatic rings. The van der Waals surface area contributed by atoms with Gasteiger partial charge in [-0.05, 0) is 49.4 Å². The van der Waals surface area contributed by atoms with Gasteiger partial charge in [-0.2, -0.15) is 0 Å². The molecule has 0 spiro atoms. The summed E-state index contributed by atoms with van der Waals surface area (Å²) in [6.45, 7) is 10.3. The summed E-state index contributed by atoms with van der Waals surface area (Å²) in [6.07, 6.45) is 3.53. The normalized spacial score (nSPS) is 17.5. The largest absolute Gasteiger partial charge is 0.309 e. The van der Waals surface area contributed by atoms with Crippen LogP contribution < -0.4 is 5.32 Å². The van der Waals surface area contributed by atoms with E-state index in [0.717, 1.165) is 32.6 Å². The minimum Gasteiger partial charge on any atom is -0.309 e. The first kappa shape index (κ1) is 17.8. The van der Waals surface area contributed by atoms with E-state index >= 15 is 0 Å². The first-order chi connectivity index (χ1) is 12.5. The molecule has 5 heteroatoms. The summed E-state index contributed by atoms with van der Waals surface area (Å²) < 4.78 is 0.